The van der Waals surface area contributed by atoms with Crippen molar-refractivity contribution in [3.05, 3.63) is 60.8 Å². The average molecular weight is 1160 g/mol. The van der Waals surface area contributed by atoms with Crippen LogP contribution in [-0.2, 0) is 28.6 Å². The fraction of sp³-hybridized carbons (Fsp3) is 0.831. The third-order valence-electron chi connectivity index (χ3n) is 16.5. The third kappa shape index (κ3) is 69.8. The molecule has 0 fully saturated rings. The van der Waals surface area contributed by atoms with Crippen molar-refractivity contribution < 1.29 is 28.6 Å². The topological polar surface area (TPSA) is 78.9 Å². The first-order valence-electron chi connectivity index (χ1n) is 36.8. The lowest BCUT2D eigenvalue weighted by atomic mass is 10.0. The van der Waals surface area contributed by atoms with Crippen molar-refractivity contribution in [2.24, 2.45) is 0 Å². The first kappa shape index (κ1) is 80.1. The zero-order valence-corrected chi connectivity index (χ0v) is 55.7. The van der Waals surface area contributed by atoms with Crippen LogP contribution in [0.25, 0.3) is 0 Å². The molecule has 0 aromatic heterocycles. The lowest BCUT2D eigenvalue weighted by molar-refractivity contribution is -0.167. The summed E-state index contributed by atoms with van der Waals surface area (Å²) in [6.45, 7) is 6.56. The summed E-state index contributed by atoms with van der Waals surface area (Å²) in [6.07, 6.45) is 92.8. The molecule has 6 heteroatoms. The number of hydrogen-bond donors (Lipinski definition) is 0. The Hall–Kier alpha value is -2.89. The summed E-state index contributed by atoms with van der Waals surface area (Å²) < 4.78 is 17.0. The van der Waals surface area contributed by atoms with Crippen molar-refractivity contribution in [3.8, 4) is 0 Å². The minimum Gasteiger partial charge on any atom is -0.462 e. The van der Waals surface area contributed by atoms with E-state index in [-0.39, 0.29) is 31.1 Å². The van der Waals surface area contributed by atoms with Crippen LogP contribution in [0.1, 0.15) is 393 Å². The molecule has 0 aliphatic rings. The first-order chi connectivity index (χ1) is 41.0. The predicted molar refractivity (Wildman–Crippen MR) is 362 cm³/mol. The van der Waals surface area contributed by atoms with Gasteiger partial charge in [-0.1, -0.05) is 351 Å². The molecule has 484 valence electrons. The fourth-order valence-electron chi connectivity index (χ4n) is 11.0. The highest BCUT2D eigenvalue weighted by atomic mass is 16.6. The fourth-order valence-corrected chi connectivity index (χ4v) is 11.0. The number of carbonyl (C=O) groups excluding carboxylic acids is 3. The number of carbonyl (C=O) groups is 3. The summed E-state index contributed by atoms with van der Waals surface area (Å²) in [5.41, 5.74) is 0. The molecule has 1 unspecified atom stereocenters. The Morgan fingerprint density at radius 3 is 0.747 bits per heavy atom. The first-order valence-corrected chi connectivity index (χ1v) is 36.8. The van der Waals surface area contributed by atoms with Crippen LogP contribution in [0.2, 0.25) is 0 Å². The highest BCUT2D eigenvalue weighted by Crippen LogP contribution is 2.19. The van der Waals surface area contributed by atoms with E-state index in [0.717, 1.165) is 103 Å². The van der Waals surface area contributed by atoms with Crippen LogP contribution in [0, 0.1) is 0 Å². The molecule has 0 amide bonds. The summed E-state index contributed by atoms with van der Waals surface area (Å²) in [5.74, 6) is -0.894. The second kappa shape index (κ2) is 71.6. The second-order valence-corrected chi connectivity index (χ2v) is 24.8. The molecule has 0 aliphatic carbocycles. The number of esters is 3. The molecule has 0 aliphatic heterocycles. The molecular formula is C77H140O6. The molecule has 83 heavy (non-hydrogen) atoms. The molecular weight excluding hydrogens is 1020 g/mol. The van der Waals surface area contributed by atoms with E-state index in [1.807, 2.05) is 0 Å². The van der Waals surface area contributed by atoms with Gasteiger partial charge in [0.1, 0.15) is 13.2 Å². The van der Waals surface area contributed by atoms with Crippen molar-refractivity contribution in [1.82, 2.24) is 0 Å². The van der Waals surface area contributed by atoms with Crippen LogP contribution in [0.5, 0.6) is 0 Å². The van der Waals surface area contributed by atoms with Crippen LogP contribution in [0.4, 0.5) is 0 Å². The Kier molecular flexibility index (Phi) is 69.1. The highest BCUT2D eigenvalue weighted by molar-refractivity contribution is 5.71. The van der Waals surface area contributed by atoms with Gasteiger partial charge in [0.25, 0.3) is 0 Å². The Balaban J connectivity index is 4.16. The second-order valence-electron chi connectivity index (χ2n) is 24.8. The van der Waals surface area contributed by atoms with Gasteiger partial charge in [-0.05, 0) is 83.5 Å². The number of rotatable bonds is 68. The largest absolute Gasteiger partial charge is 0.462 e. The van der Waals surface area contributed by atoms with Crippen LogP contribution in [0.15, 0.2) is 60.8 Å². The van der Waals surface area contributed by atoms with E-state index in [1.165, 1.54) is 250 Å². The molecule has 0 aromatic rings. The van der Waals surface area contributed by atoms with E-state index in [4.69, 9.17) is 14.2 Å². The third-order valence-corrected chi connectivity index (χ3v) is 16.5. The van der Waals surface area contributed by atoms with E-state index in [9.17, 15) is 14.4 Å². The summed E-state index contributed by atoms with van der Waals surface area (Å²) in [6, 6.07) is 0. The summed E-state index contributed by atoms with van der Waals surface area (Å²) >= 11 is 0. The van der Waals surface area contributed by atoms with Gasteiger partial charge < -0.3 is 14.2 Å². The molecule has 0 radical (unpaired) electrons. The highest BCUT2D eigenvalue weighted by Gasteiger charge is 2.19. The smallest absolute Gasteiger partial charge is 0.306 e. The van der Waals surface area contributed by atoms with Crippen molar-refractivity contribution in [3.63, 3.8) is 0 Å². The van der Waals surface area contributed by atoms with Crippen molar-refractivity contribution in [2.75, 3.05) is 13.2 Å². The van der Waals surface area contributed by atoms with E-state index < -0.39 is 6.10 Å². The van der Waals surface area contributed by atoms with Gasteiger partial charge in [0.2, 0.25) is 0 Å². The normalized spacial score (nSPS) is 12.4. The lowest BCUT2D eigenvalue weighted by Crippen LogP contribution is -2.30. The minimum atomic E-state index is -0.791. The molecule has 1 atom stereocenters. The molecule has 0 spiro atoms. The maximum Gasteiger partial charge on any atom is 0.306 e. The molecule has 0 heterocycles. The summed E-state index contributed by atoms with van der Waals surface area (Å²) in [5, 5.41) is 0. The predicted octanol–water partition coefficient (Wildman–Crippen LogP) is 25.5. The van der Waals surface area contributed by atoms with Crippen molar-refractivity contribution in [2.45, 2.75) is 399 Å². The lowest BCUT2D eigenvalue weighted by Gasteiger charge is -2.18. The minimum absolute atomic E-state index is 0.0836. The number of ether oxygens (including phenoxy) is 3. The van der Waals surface area contributed by atoms with Gasteiger partial charge in [-0.25, -0.2) is 0 Å². The molecule has 0 saturated heterocycles. The molecule has 0 bridgehead atoms. The monoisotopic (exact) mass is 1160 g/mol. The van der Waals surface area contributed by atoms with Gasteiger partial charge in [-0.3, -0.25) is 14.4 Å². The van der Waals surface area contributed by atoms with Crippen LogP contribution in [-0.4, -0.2) is 37.2 Å². The van der Waals surface area contributed by atoms with Gasteiger partial charge in [-0.15, -0.1) is 0 Å². The van der Waals surface area contributed by atoms with E-state index in [1.54, 1.807) is 0 Å². The number of hydrogen-bond acceptors (Lipinski definition) is 6. The SMILES string of the molecule is CC/C=C\C/C=C\C/C=C\C/C=C\CCCCCCC(=O)OC(COC(=O)CCCCCCC/C=C\CCCCCCCC)COC(=O)CCCCCCCCCCCCCCCCCCCCCCCCCCCCCCCCCCC. The van der Waals surface area contributed by atoms with Gasteiger partial charge in [0.05, 0.1) is 0 Å². The molecule has 0 rings (SSSR count). The van der Waals surface area contributed by atoms with Crippen LogP contribution in [0.3, 0.4) is 0 Å². The zero-order chi connectivity index (χ0) is 59.9. The quantitative estimate of drug-likeness (QED) is 0.0261. The van der Waals surface area contributed by atoms with Crippen molar-refractivity contribution in [1.29, 1.82) is 0 Å². The van der Waals surface area contributed by atoms with Crippen molar-refractivity contribution >= 4 is 17.9 Å². The Morgan fingerprint density at radius 1 is 0.253 bits per heavy atom. The Bertz CT molecular complexity index is 1470. The zero-order valence-electron chi connectivity index (χ0n) is 55.7. The molecule has 0 saturated carbocycles. The average Bonchev–Trinajstić information content (AvgIpc) is 3.49. The Labute approximate surface area is 517 Å². The van der Waals surface area contributed by atoms with E-state index in [0.29, 0.717) is 19.3 Å². The molecule has 0 N–H and O–H groups in total. The standard InChI is InChI=1S/C77H140O6/c1-4-7-10-13-16-19-22-25-28-30-31-32-33-34-35-36-37-38-39-40-41-42-43-44-45-47-49-52-55-58-61-64-67-70-76(79)82-73-74(72-81-75(78)69-66-63-60-57-54-51-48-27-24-21-18-15-12-9-6-3)83-77(80)71-68-65-62-59-56-53-50-46-29-26-23-20-17-14-11-8-5-2/h8,11,17,20,26-27,29,48,50,53,74H,4-7,9-10,12-16,18-19,21-25,28,30-47,49,51-52,54-73H2,1-3H3/b11-8-,20-17-,29-26-,48-27-,53-50-. The summed E-state index contributed by atoms with van der Waals surface area (Å²) in [4.78, 5) is 38.4. The van der Waals surface area contributed by atoms with Gasteiger partial charge in [0.15, 0.2) is 6.10 Å². The number of unbranched alkanes of at least 4 members (excludes halogenated alkanes) is 47. The van der Waals surface area contributed by atoms with Gasteiger partial charge in [0, 0.05) is 19.3 Å². The van der Waals surface area contributed by atoms with E-state index >= 15 is 0 Å². The summed E-state index contributed by atoms with van der Waals surface area (Å²) in [7, 11) is 0. The maximum atomic E-state index is 12.9. The Morgan fingerprint density at radius 2 is 0.470 bits per heavy atom. The molecule has 6 nitrogen and oxygen atoms in total. The van der Waals surface area contributed by atoms with Crippen LogP contribution >= 0.6 is 0 Å². The van der Waals surface area contributed by atoms with Gasteiger partial charge in [-0.2, -0.15) is 0 Å². The van der Waals surface area contributed by atoms with E-state index in [2.05, 4.69) is 81.5 Å². The number of allylic oxidation sites excluding steroid dienone is 10. The maximum absolute atomic E-state index is 12.9. The molecule has 0 aromatic carbocycles. The van der Waals surface area contributed by atoms with Gasteiger partial charge >= 0.3 is 17.9 Å². The van der Waals surface area contributed by atoms with Crippen LogP contribution < -0.4 is 0 Å².